The van der Waals surface area contributed by atoms with Gasteiger partial charge in [0.1, 0.15) is 11.6 Å². The van der Waals surface area contributed by atoms with Gasteiger partial charge in [-0.2, -0.15) is 0 Å². The molecule has 2 aromatic rings. The van der Waals surface area contributed by atoms with Crippen LogP contribution in [0, 0.1) is 11.6 Å². The van der Waals surface area contributed by atoms with E-state index in [1.165, 1.54) is 12.1 Å². The second-order valence-corrected chi connectivity index (χ2v) is 8.12. The first-order valence-corrected chi connectivity index (χ1v) is 11.0. The van der Waals surface area contributed by atoms with Gasteiger partial charge in [0.05, 0.1) is 0 Å². The Kier molecular flexibility index (Phi) is 7.04. The molecule has 0 bridgehead atoms. The number of piperazine rings is 1. The Balaban J connectivity index is 1.71. The van der Waals surface area contributed by atoms with Gasteiger partial charge in [0.2, 0.25) is 10.9 Å². The highest BCUT2D eigenvalue weighted by Gasteiger charge is 2.32. The smallest absolute Gasteiger partial charge is 0.254 e. The summed E-state index contributed by atoms with van der Waals surface area (Å²) in [6.07, 6.45) is 0.739. The molecule has 1 aliphatic heterocycles. The third-order valence-electron chi connectivity index (χ3n) is 5.51. The van der Waals surface area contributed by atoms with E-state index < -0.39 is 22.5 Å². The number of anilines is 1. The van der Waals surface area contributed by atoms with Crippen molar-refractivity contribution in [2.75, 3.05) is 24.4 Å². The van der Waals surface area contributed by atoms with Crippen molar-refractivity contribution >= 4 is 22.5 Å². The lowest BCUT2D eigenvalue weighted by molar-refractivity contribution is 0.0355. The van der Waals surface area contributed by atoms with E-state index in [0.717, 1.165) is 12.5 Å². The van der Waals surface area contributed by atoms with E-state index in [0.29, 0.717) is 36.4 Å². The molecule has 162 valence electrons. The highest BCUT2D eigenvalue weighted by atomic mass is 32.2. The second-order valence-electron chi connectivity index (χ2n) is 7.38. The number of hydrogen-bond acceptors (Lipinski definition) is 4. The van der Waals surface area contributed by atoms with Crippen molar-refractivity contribution in [2.45, 2.75) is 32.4 Å². The lowest BCUT2D eigenvalue weighted by Gasteiger charge is -2.43. The molecule has 6 nitrogen and oxygen atoms in total. The molecule has 1 aliphatic rings. The second kappa shape index (κ2) is 9.53. The highest BCUT2D eigenvalue weighted by Crippen LogP contribution is 2.27. The zero-order chi connectivity index (χ0) is 21.8. The average molecular weight is 438 g/mol. The Labute approximate surface area is 176 Å². The Morgan fingerprint density at radius 3 is 2.33 bits per heavy atom. The maximum atomic E-state index is 13.6. The number of halogens is 2. The Bertz CT molecular complexity index is 954. The minimum Gasteiger partial charge on any atom is -0.333 e. The van der Waals surface area contributed by atoms with Crippen molar-refractivity contribution in [1.82, 2.24) is 9.80 Å². The van der Waals surface area contributed by atoms with Crippen LogP contribution in [-0.4, -0.2) is 49.8 Å². The standard InChI is InChI=1S/C21H25F2N3O3S/c1-3-20-13-25(14(2)16-10-17(22)12-18(23)11-16)8-9-26(20)21(27)15-4-6-19(7-5-15)24-30(28)29/h4-7,10-12,14,20,30H,3,8-9,13H2,1-2H3,(H,24,28,29)/t14?,20-/m0/s1. The van der Waals surface area contributed by atoms with Gasteiger partial charge in [0, 0.05) is 49.0 Å². The Hall–Kier alpha value is -2.52. The number of benzene rings is 2. The van der Waals surface area contributed by atoms with Crippen LogP contribution in [0.4, 0.5) is 14.5 Å². The lowest BCUT2D eigenvalue weighted by Crippen LogP contribution is -2.55. The van der Waals surface area contributed by atoms with E-state index in [9.17, 15) is 22.0 Å². The van der Waals surface area contributed by atoms with E-state index in [4.69, 9.17) is 0 Å². The molecule has 0 saturated carbocycles. The van der Waals surface area contributed by atoms with Crippen LogP contribution in [0.5, 0.6) is 0 Å². The highest BCUT2D eigenvalue weighted by molar-refractivity contribution is 7.73. The molecule has 1 amide bonds. The molecule has 1 heterocycles. The van der Waals surface area contributed by atoms with E-state index in [-0.39, 0.29) is 18.0 Å². The molecule has 3 rings (SSSR count). The molecule has 0 radical (unpaired) electrons. The number of amides is 1. The summed E-state index contributed by atoms with van der Waals surface area (Å²) in [6.45, 7) is 5.57. The molecule has 30 heavy (non-hydrogen) atoms. The quantitative estimate of drug-likeness (QED) is 0.681. The molecular formula is C21H25F2N3O3S. The van der Waals surface area contributed by atoms with E-state index >= 15 is 0 Å². The van der Waals surface area contributed by atoms with Crippen LogP contribution < -0.4 is 4.72 Å². The van der Waals surface area contributed by atoms with Crippen molar-refractivity contribution in [2.24, 2.45) is 0 Å². The largest absolute Gasteiger partial charge is 0.333 e. The average Bonchev–Trinajstić information content (AvgIpc) is 2.71. The molecule has 2 atom stereocenters. The predicted molar refractivity (Wildman–Crippen MR) is 112 cm³/mol. The van der Waals surface area contributed by atoms with Crippen molar-refractivity contribution in [3.8, 4) is 0 Å². The minimum absolute atomic E-state index is 0.0407. The summed E-state index contributed by atoms with van der Waals surface area (Å²) in [4.78, 5) is 16.9. The summed E-state index contributed by atoms with van der Waals surface area (Å²) in [5.74, 6) is -1.32. The van der Waals surface area contributed by atoms with Crippen molar-refractivity contribution < 1.29 is 22.0 Å². The van der Waals surface area contributed by atoms with Gasteiger partial charge in [-0.15, -0.1) is 0 Å². The van der Waals surface area contributed by atoms with Gasteiger partial charge >= 0.3 is 0 Å². The number of carbonyl (C=O) groups is 1. The van der Waals surface area contributed by atoms with Gasteiger partial charge in [-0.3, -0.25) is 14.4 Å². The molecular weight excluding hydrogens is 412 g/mol. The van der Waals surface area contributed by atoms with Crippen LogP contribution in [0.25, 0.3) is 0 Å². The third kappa shape index (κ3) is 5.14. The van der Waals surface area contributed by atoms with Gasteiger partial charge in [0.25, 0.3) is 5.91 Å². The monoisotopic (exact) mass is 437 g/mol. The molecule has 1 N–H and O–H groups in total. The van der Waals surface area contributed by atoms with Gasteiger partial charge in [-0.1, -0.05) is 6.92 Å². The molecule has 0 aromatic heterocycles. The molecule has 2 aromatic carbocycles. The Morgan fingerprint density at radius 1 is 1.13 bits per heavy atom. The first kappa shape index (κ1) is 22.2. The fraction of sp³-hybridized carbons (Fsp3) is 0.381. The van der Waals surface area contributed by atoms with Crippen LogP contribution in [0.15, 0.2) is 42.5 Å². The summed E-state index contributed by atoms with van der Waals surface area (Å²) in [6, 6.07) is 9.63. The number of carbonyl (C=O) groups excluding carboxylic acids is 1. The van der Waals surface area contributed by atoms with Crippen LogP contribution in [-0.2, 0) is 10.9 Å². The molecule has 0 aliphatic carbocycles. The zero-order valence-corrected chi connectivity index (χ0v) is 17.7. The SMILES string of the molecule is CC[C@H]1CN(C(C)c2cc(F)cc(F)c2)CCN1C(=O)c1ccc(N[SH](=O)=O)cc1. The molecule has 9 heteroatoms. The minimum atomic E-state index is -2.76. The molecule has 1 fully saturated rings. The number of rotatable bonds is 6. The maximum absolute atomic E-state index is 13.6. The van der Waals surface area contributed by atoms with Crippen molar-refractivity contribution in [1.29, 1.82) is 0 Å². The van der Waals surface area contributed by atoms with Crippen molar-refractivity contribution in [3.05, 3.63) is 65.2 Å². The lowest BCUT2D eigenvalue weighted by atomic mass is 10.0. The number of hydrogen-bond donors (Lipinski definition) is 2. The van der Waals surface area contributed by atoms with E-state index in [2.05, 4.69) is 9.62 Å². The van der Waals surface area contributed by atoms with Crippen LogP contribution in [0.1, 0.15) is 42.2 Å². The fourth-order valence-electron chi connectivity index (χ4n) is 3.83. The number of nitrogens with one attached hydrogen (secondary N) is 1. The fourth-order valence-corrected chi connectivity index (χ4v) is 4.19. The van der Waals surface area contributed by atoms with E-state index in [1.807, 2.05) is 18.7 Å². The van der Waals surface area contributed by atoms with Crippen molar-refractivity contribution in [3.63, 3.8) is 0 Å². The van der Waals surface area contributed by atoms with Crippen LogP contribution in [0.2, 0.25) is 0 Å². The first-order chi connectivity index (χ1) is 14.3. The summed E-state index contributed by atoms with van der Waals surface area (Å²) in [7, 11) is -2.76. The van der Waals surface area contributed by atoms with Gasteiger partial charge in [0.15, 0.2) is 0 Å². The van der Waals surface area contributed by atoms with Gasteiger partial charge < -0.3 is 4.90 Å². The Morgan fingerprint density at radius 2 is 1.77 bits per heavy atom. The van der Waals surface area contributed by atoms with Crippen LogP contribution >= 0.6 is 0 Å². The maximum Gasteiger partial charge on any atom is 0.254 e. The predicted octanol–water partition coefficient (Wildman–Crippen LogP) is 3.20. The summed E-state index contributed by atoms with van der Waals surface area (Å²) in [5, 5.41) is 0. The summed E-state index contributed by atoms with van der Waals surface area (Å²) in [5.41, 5.74) is 1.45. The molecule has 1 unspecified atom stereocenters. The first-order valence-electron chi connectivity index (χ1n) is 9.80. The number of thiol groups is 1. The van der Waals surface area contributed by atoms with Gasteiger partial charge in [-0.05, 0) is 55.3 Å². The summed E-state index contributed by atoms with van der Waals surface area (Å²) >= 11 is 0. The van der Waals surface area contributed by atoms with E-state index in [1.54, 1.807) is 24.3 Å². The zero-order valence-electron chi connectivity index (χ0n) is 16.8. The topological polar surface area (TPSA) is 69.7 Å². The van der Waals surface area contributed by atoms with Crippen LogP contribution in [0.3, 0.4) is 0 Å². The third-order valence-corrected chi connectivity index (χ3v) is 5.95. The van der Waals surface area contributed by atoms with Gasteiger partial charge in [-0.25, -0.2) is 17.2 Å². The summed E-state index contributed by atoms with van der Waals surface area (Å²) < 4.78 is 51.0. The molecule has 0 spiro atoms. The normalized spacial score (nSPS) is 18.4. The number of nitrogens with zero attached hydrogens (tertiary/aromatic N) is 2. The molecule has 1 saturated heterocycles.